The van der Waals surface area contributed by atoms with Crippen LogP contribution in [0, 0.1) is 0 Å². The number of fused-ring (bicyclic) bond motifs is 1. The third kappa shape index (κ3) is 4.23. The van der Waals surface area contributed by atoms with Gasteiger partial charge in [0.2, 0.25) is 12.3 Å². The lowest BCUT2D eigenvalue weighted by molar-refractivity contribution is 0.0980. The van der Waals surface area contributed by atoms with Gasteiger partial charge >= 0.3 is 0 Å². The molecule has 4 rings (SSSR count). The van der Waals surface area contributed by atoms with Crippen LogP contribution in [0.25, 0.3) is 0 Å². The Morgan fingerprint density at radius 3 is 2.74 bits per heavy atom. The highest BCUT2D eigenvalue weighted by molar-refractivity contribution is 6.00. The molecule has 1 aliphatic rings. The van der Waals surface area contributed by atoms with E-state index in [1.165, 1.54) is 0 Å². The molecule has 2 heterocycles. The van der Waals surface area contributed by atoms with E-state index >= 15 is 0 Å². The Hall–Kier alpha value is -3.42. The first-order valence-electron chi connectivity index (χ1n) is 10.6. The molecule has 31 heavy (non-hydrogen) atoms. The number of quaternary nitrogens is 1. The van der Waals surface area contributed by atoms with E-state index in [-0.39, 0.29) is 16.4 Å². The minimum atomic E-state index is -0.171. The second-order valence-electron chi connectivity index (χ2n) is 7.77. The Morgan fingerprint density at radius 1 is 1.16 bits per heavy atom. The maximum absolute atomic E-state index is 12.4. The zero-order chi connectivity index (χ0) is 21.8. The number of nitrogens with zero attached hydrogens (tertiary/aromatic N) is 4. The van der Waals surface area contributed by atoms with Gasteiger partial charge in [-0.2, -0.15) is 15.8 Å². The Bertz CT molecular complexity index is 1110. The summed E-state index contributed by atoms with van der Waals surface area (Å²) in [6.45, 7) is 4.13. The molecule has 0 bridgehead atoms. The molecular weight excluding hydrogens is 388 g/mol. The number of carbonyl (C=O) groups is 1. The van der Waals surface area contributed by atoms with Gasteiger partial charge < -0.3 is 5.32 Å². The monoisotopic (exact) mass is 415 g/mol. The number of benzene rings is 2. The molecule has 2 unspecified atom stereocenters. The van der Waals surface area contributed by atoms with E-state index in [2.05, 4.69) is 46.3 Å². The molecule has 1 aromatic heterocycles. The molecule has 2 aromatic carbocycles. The second-order valence-corrected chi connectivity index (χ2v) is 7.77. The van der Waals surface area contributed by atoms with Crippen molar-refractivity contribution in [2.75, 3.05) is 5.32 Å². The number of aromatic nitrogens is 2. The standard InChI is InChI=1S/C24H27N6O/c1-3-4-10-22(31)19-11-12-21-20(15-19)27-16-30(21,25)23-13-14-26-24(29-23)28-17(2)18-8-6-5-7-9-18/h5-9,11-17H,3-4,10,25H2,1-2H3,(H,26,28,29)/q+1. The average molecular weight is 416 g/mol. The number of aliphatic imine (C=N–C) groups is 1. The summed E-state index contributed by atoms with van der Waals surface area (Å²) in [6, 6.07) is 17.4. The van der Waals surface area contributed by atoms with Crippen LogP contribution in [-0.4, -0.2) is 22.1 Å². The van der Waals surface area contributed by atoms with Gasteiger partial charge in [-0.25, -0.2) is 4.98 Å². The summed E-state index contributed by atoms with van der Waals surface area (Å²) in [5.74, 6) is 7.90. The second kappa shape index (κ2) is 8.75. The molecule has 3 N–H and O–H groups in total. The molecular formula is C24H27N6O+. The molecule has 1 aliphatic heterocycles. The first-order valence-corrected chi connectivity index (χ1v) is 10.6. The molecule has 7 heteroatoms. The van der Waals surface area contributed by atoms with E-state index in [1.54, 1.807) is 18.6 Å². The summed E-state index contributed by atoms with van der Waals surface area (Å²) in [5.41, 5.74) is 3.27. The summed E-state index contributed by atoms with van der Waals surface area (Å²) in [5, 5.41) is 3.33. The summed E-state index contributed by atoms with van der Waals surface area (Å²) in [7, 11) is 0. The quantitative estimate of drug-likeness (QED) is 0.299. The fourth-order valence-electron chi connectivity index (χ4n) is 3.64. The van der Waals surface area contributed by atoms with E-state index in [0.29, 0.717) is 29.4 Å². The molecule has 3 aromatic rings. The number of nitrogens with two attached hydrogens (primary N) is 1. The number of hydrogen-bond donors (Lipinski definition) is 2. The summed E-state index contributed by atoms with van der Waals surface area (Å²) >= 11 is 0. The lowest BCUT2D eigenvalue weighted by Gasteiger charge is -2.23. The van der Waals surface area contributed by atoms with Gasteiger partial charge in [-0.05, 0) is 31.0 Å². The van der Waals surface area contributed by atoms with E-state index in [0.717, 1.165) is 24.1 Å². The highest BCUT2D eigenvalue weighted by Crippen LogP contribution is 2.41. The van der Waals surface area contributed by atoms with Gasteiger partial charge in [0, 0.05) is 30.3 Å². The summed E-state index contributed by atoms with van der Waals surface area (Å²) < 4.78 is -0.171. The molecule has 7 nitrogen and oxygen atoms in total. The van der Waals surface area contributed by atoms with Crippen molar-refractivity contribution in [1.82, 2.24) is 14.6 Å². The Kier molecular flexibility index (Phi) is 5.88. The van der Waals surface area contributed by atoms with Crippen LogP contribution in [0.1, 0.15) is 55.1 Å². The van der Waals surface area contributed by atoms with E-state index in [1.807, 2.05) is 36.4 Å². The van der Waals surface area contributed by atoms with Gasteiger partial charge in [-0.3, -0.25) is 4.79 Å². The number of unbranched alkanes of at least 4 members (excludes halogenated alkanes) is 1. The smallest absolute Gasteiger partial charge is 0.263 e. The molecule has 0 radical (unpaired) electrons. The van der Waals surface area contributed by atoms with Crippen LogP contribution in [0.2, 0.25) is 0 Å². The van der Waals surface area contributed by atoms with Crippen LogP contribution in [0.3, 0.4) is 0 Å². The minimum absolute atomic E-state index is 0.0406. The van der Waals surface area contributed by atoms with Crippen molar-refractivity contribution >= 4 is 35.3 Å². The van der Waals surface area contributed by atoms with E-state index in [4.69, 9.17) is 5.84 Å². The Morgan fingerprint density at radius 2 is 1.97 bits per heavy atom. The van der Waals surface area contributed by atoms with Crippen molar-refractivity contribution in [3.8, 4) is 0 Å². The summed E-state index contributed by atoms with van der Waals surface area (Å²) in [4.78, 5) is 25.9. The van der Waals surface area contributed by atoms with Crippen molar-refractivity contribution in [1.29, 1.82) is 0 Å². The molecule has 158 valence electrons. The lowest BCUT2D eigenvalue weighted by Crippen LogP contribution is -2.49. The highest BCUT2D eigenvalue weighted by Gasteiger charge is 2.38. The largest absolute Gasteiger partial charge is 0.348 e. The zero-order valence-corrected chi connectivity index (χ0v) is 17.8. The van der Waals surface area contributed by atoms with Gasteiger partial charge in [-0.15, -0.1) is 4.59 Å². The predicted molar refractivity (Wildman–Crippen MR) is 125 cm³/mol. The number of rotatable bonds is 8. The van der Waals surface area contributed by atoms with Crippen LogP contribution >= 0.6 is 0 Å². The average Bonchev–Trinajstić information content (AvgIpc) is 3.15. The molecule has 0 saturated heterocycles. The SMILES string of the molecule is CCCCC(=O)c1ccc2c(c1)N=C[N+]2(N)c1ccnc(NC(C)c2ccccc2)n1. The molecule has 0 amide bonds. The van der Waals surface area contributed by atoms with Crippen molar-refractivity contribution in [3.05, 3.63) is 71.9 Å². The van der Waals surface area contributed by atoms with Crippen molar-refractivity contribution < 1.29 is 4.79 Å². The number of ketones is 1. The zero-order valence-electron chi connectivity index (χ0n) is 17.8. The minimum Gasteiger partial charge on any atom is -0.348 e. The van der Waals surface area contributed by atoms with Crippen LogP contribution in [0.4, 0.5) is 23.1 Å². The third-order valence-corrected chi connectivity index (χ3v) is 5.50. The normalized spacial score (nSPS) is 17.9. The first kappa shape index (κ1) is 20.8. The predicted octanol–water partition coefficient (Wildman–Crippen LogP) is 5.21. The fraction of sp³-hybridized carbons (Fsp3) is 0.250. The van der Waals surface area contributed by atoms with Gasteiger partial charge in [-0.1, -0.05) is 43.7 Å². The van der Waals surface area contributed by atoms with E-state index in [9.17, 15) is 4.79 Å². The van der Waals surface area contributed by atoms with Crippen molar-refractivity contribution in [3.63, 3.8) is 0 Å². The molecule has 0 spiro atoms. The van der Waals surface area contributed by atoms with Crippen LogP contribution in [-0.2, 0) is 0 Å². The molecule has 0 aliphatic carbocycles. The third-order valence-electron chi connectivity index (χ3n) is 5.50. The lowest BCUT2D eigenvalue weighted by atomic mass is 10.0. The number of nitrogens with one attached hydrogen (secondary N) is 1. The molecule has 0 saturated carbocycles. The Labute approximate surface area is 182 Å². The maximum Gasteiger partial charge on any atom is 0.263 e. The van der Waals surface area contributed by atoms with Gasteiger partial charge in [0.1, 0.15) is 5.69 Å². The van der Waals surface area contributed by atoms with E-state index < -0.39 is 0 Å². The fourth-order valence-corrected chi connectivity index (χ4v) is 3.64. The number of Topliss-reactive ketones (excluding diaryl/α,β-unsaturated/α-hetero) is 1. The van der Waals surface area contributed by atoms with Gasteiger partial charge in [0.05, 0.1) is 6.04 Å². The van der Waals surface area contributed by atoms with Gasteiger partial charge in [0.25, 0.3) is 5.82 Å². The van der Waals surface area contributed by atoms with Gasteiger partial charge in [0.15, 0.2) is 11.5 Å². The highest BCUT2D eigenvalue weighted by atomic mass is 16.1. The Balaban J connectivity index is 1.58. The number of hydrogen-bond acceptors (Lipinski definition) is 6. The molecule has 2 atom stereocenters. The topological polar surface area (TPSA) is 93.3 Å². The number of carbonyl (C=O) groups excluding carboxylic acids is 1. The number of anilines is 1. The van der Waals surface area contributed by atoms with Crippen LogP contribution in [0.15, 0.2) is 65.8 Å². The van der Waals surface area contributed by atoms with Crippen molar-refractivity contribution in [2.45, 2.75) is 39.2 Å². The van der Waals surface area contributed by atoms with Crippen molar-refractivity contribution in [2.24, 2.45) is 10.8 Å². The summed E-state index contributed by atoms with van der Waals surface area (Å²) in [6.07, 6.45) is 5.74. The van der Waals surface area contributed by atoms with Crippen LogP contribution < -0.4 is 15.8 Å². The first-order chi connectivity index (χ1) is 15.0. The van der Waals surface area contributed by atoms with Crippen LogP contribution in [0.5, 0.6) is 0 Å². The maximum atomic E-state index is 12.4. The molecule has 0 fully saturated rings.